The summed E-state index contributed by atoms with van der Waals surface area (Å²) in [6, 6.07) is 6.03. The number of amides is 1. The molecule has 0 saturated carbocycles. The first-order valence-electron chi connectivity index (χ1n) is 8.53. The Kier molecular flexibility index (Phi) is 7.98. The van der Waals surface area contributed by atoms with E-state index in [0.717, 1.165) is 39.2 Å². The lowest BCUT2D eigenvalue weighted by molar-refractivity contribution is -0.121. The number of halogens is 1. The van der Waals surface area contributed by atoms with Crippen molar-refractivity contribution in [3.05, 3.63) is 30.1 Å². The van der Waals surface area contributed by atoms with Gasteiger partial charge in [0.05, 0.1) is 13.2 Å². The van der Waals surface area contributed by atoms with Crippen LogP contribution in [-0.4, -0.2) is 57.3 Å². The summed E-state index contributed by atoms with van der Waals surface area (Å²) >= 11 is 0. The molecule has 1 aliphatic rings. The van der Waals surface area contributed by atoms with Gasteiger partial charge in [0, 0.05) is 39.2 Å². The maximum absolute atomic E-state index is 13.0. The second-order valence-electron chi connectivity index (χ2n) is 6.16. The molecule has 6 heteroatoms. The van der Waals surface area contributed by atoms with Gasteiger partial charge in [0.15, 0.2) is 0 Å². The Bertz CT molecular complexity index is 513. The van der Waals surface area contributed by atoms with Crippen LogP contribution in [0.25, 0.3) is 0 Å². The molecule has 1 aromatic carbocycles. The molecule has 0 bridgehead atoms. The van der Waals surface area contributed by atoms with Crippen molar-refractivity contribution in [3.63, 3.8) is 0 Å². The Labute approximate surface area is 143 Å². The highest BCUT2D eigenvalue weighted by Crippen LogP contribution is 2.15. The summed E-state index contributed by atoms with van der Waals surface area (Å²) in [6.07, 6.45) is 2.16. The number of likely N-dealkylation sites (tertiary alicyclic amines) is 1. The molecule has 134 valence electrons. The second kappa shape index (κ2) is 10.3. The van der Waals surface area contributed by atoms with Crippen LogP contribution in [0.15, 0.2) is 24.3 Å². The summed E-state index contributed by atoms with van der Waals surface area (Å²) in [5.74, 6) is 0.751. The van der Waals surface area contributed by atoms with Crippen LogP contribution in [0.1, 0.15) is 19.3 Å². The summed E-state index contributed by atoms with van der Waals surface area (Å²) in [5, 5.41) is 3.00. The van der Waals surface area contributed by atoms with Gasteiger partial charge in [-0.2, -0.15) is 0 Å². The number of nitrogens with one attached hydrogen (secondary N) is 1. The molecule has 0 spiro atoms. The first kappa shape index (κ1) is 18.7. The van der Waals surface area contributed by atoms with Crippen LogP contribution < -0.4 is 10.1 Å². The molecule has 1 fully saturated rings. The van der Waals surface area contributed by atoms with E-state index in [9.17, 15) is 9.18 Å². The molecule has 0 aromatic heterocycles. The van der Waals surface area contributed by atoms with Gasteiger partial charge in [0.1, 0.15) is 11.6 Å². The molecule has 2 rings (SSSR count). The molecular weight excluding hydrogens is 311 g/mol. The van der Waals surface area contributed by atoms with Crippen molar-refractivity contribution in [1.29, 1.82) is 0 Å². The number of ether oxygens (including phenoxy) is 2. The molecular formula is C18H27FN2O3. The van der Waals surface area contributed by atoms with E-state index >= 15 is 0 Å². The Morgan fingerprint density at radius 1 is 1.42 bits per heavy atom. The highest BCUT2D eigenvalue weighted by Gasteiger charge is 2.22. The fourth-order valence-electron chi connectivity index (χ4n) is 2.83. The van der Waals surface area contributed by atoms with E-state index in [4.69, 9.17) is 9.47 Å². The summed E-state index contributed by atoms with van der Waals surface area (Å²) in [7, 11) is 1.71. The number of hydrogen-bond acceptors (Lipinski definition) is 4. The first-order chi connectivity index (χ1) is 11.7. The zero-order valence-electron chi connectivity index (χ0n) is 14.3. The fraction of sp³-hybridized carbons (Fsp3) is 0.611. The van der Waals surface area contributed by atoms with Gasteiger partial charge in [-0.05, 0) is 37.4 Å². The lowest BCUT2D eigenvalue weighted by Crippen LogP contribution is -2.31. The number of rotatable bonds is 10. The molecule has 0 radical (unpaired) electrons. The molecule has 0 unspecified atom stereocenters. The van der Waals surface area contributed by atoms with E-state index in [1.807, 2.05) is 0 Å². The Balaban J connectivity index is 1.52. The van der Waals surface area contributed by atoms with Crippen LogP contribution >= 0.6 is 0 Å². The van der Waals surface area contributed by atoms with Crippen molar-refractivity contribution in [2.24, 2.45) is 5.92 Å². The van der Waals surface area contributed by atoms with Crippen LogP contribution in [0, 0.1) is 11.7 Å². The molecule has 1 heterocycles. The molecule has 1 aromatic rings. The molecule has 1 aliphatic heterocycles. The van der Waals surface area contributed by atoms with Gasteiger partial charge < -0.3 is 19.7 Å². The summed E-state index contributed by atoms with van der Waals surface area (Å²) in [4.78, 5) is 14.2. The third-order valence-corrected chi connectivity index (χ3v) is 4.18. The highest BCUT2D eigenvalue weighted by atomic mass is 19.1. The van der Waals surface area contributed by atoms with E-state index in [-0.39, 0.29) is 11.7 Å². The fourth-order valence-corrected chi connectivity index (χ4v) is 2.83. The van der Waals surface area contributed by atoms with Crippen LogP contribution in [0.2, 0.25) is 0 Å². The predicted molar refractivity (Wildman–Crippen MR) is 90.6 cm³/mol. The van der Waals surface area contributed by atoms with Crippen molar-refractivity contribution in [3.8, 4) is 5.75 Å². The van der Waals surface area contributed by atoms with Gasteiger partial charge in [-0.15, -0.1) is 0 Å². The second-order valence-corrected chi connectivity index (χ2v) is 6.16. The van der Waals surface area contributed by atoms with Crippen molar-refractivity contribution in [2.75, 3.05) is 46.5 Å². The van der Waals surface area contributed by atoms with Crippen molar-refractivity contribution < 1.29 is 18.7 Å². The van der Waals surface area contributed by atoms with Gasteiger partial charge in [-0.25, -0.2) is 4.39 Å². The Morgan fingerprint density at radius 3 is 3.08 bits per heavy atom. The zero-order valence-corrected chi connectivity index (χ0v) is 14.3. The third-order valence-electron chi connectivity index (χ3n) is 4.18. The predicted octanol–water partition coefficient (Wildman–Crippen LogP) is 2.07. The van der Waals surface area contributed by atoms with E-state index < -0.39 is 0 Å². The summed E-state index contributed by atoms with van der Waals surface area (Å²) in [5.41, 5.74) is 0. The third kappa shape index (κ3) is 6.84. The summed E-state index contributed by atoms with van der Waals surface area (Å²) < 4.78 is 23.5. The van der Waals surface area contributed by atoms with Crippen LogP contribution in [-0.2, 0) is 9.53 Å². The van der Waals surface area contributed by atoms with E-state index in [2.05, 4.69) is 10.2 Å². The molecule has 1 N–H and O–H groups in total. The lowest BCUT2D eigenvalue weighted by Gasteiger charge is -2.15. The number of carbonyl (C=O) groups excluding carboxylic acids is 1. The quantitative estimate of drug-likeness (QED) is 0.664. The molecule has 1 atom stereocenters. The number of hydrogen-bond donors (Lipinski definition) is 1. The SMILES string of the molecule is COCCN1CC[C@@H](CNC(=O)CCCOc2cccc(F)c2)C1. The smallest absolute Gasteiger partial charge is 0.220 e. The van der Waals surface area contributed by atoms with Crippen LogP contribution in [0.4, 0.5) is 4.39 Å². The first-order valence-corrected chi connectivity index (χ1v) is 8.53. The maximum atomic E-state index is 13.0. The van der Waals surface area contributed by atoms with Crippen molar-refractivity contribution in [1.82, 2.24) is 10.2 Å². The maximum Gasteiger partial charge on any atom is 0.220 e. The monoisotopic (exact) mass is 338 g/mol. The molecule has 0 aliphatic carbocycles. The van der Waals surface area contributed by atoms with Gasteiger partial charge in [-0.1, -0.05) is 6.07 Å². The van der Waals surface area contributed by atoms with E-state index in [1.165, 1.54) is 12.1 Å². The molecule has 5 nitrogen and oxygen atoms in total. The minimum atomic E-state index is -0.318. The molecule has 1 saturated heterocycles. The molecule has 1 amide bonds. The van der Waals surface area contributed by atoms with Crippen molar-refractivity contribution in [2.45, 2.75) is 19.3 Å². The number of carbonyl (C=O) groups is 1. The van der Waals surface area contributed by atoms with Crippen molar-refractivity contribution >= 4 is 5.91 Å². The van der Waals surface area contributed by atoms with Gasteiger partial charge in [0.25, 0.3) is 0 Å². The topological polar surface area (TPSA) is 50.8 Å². The zero-order chi connectivity index (χ0) is 17.2. The Morgan fingerprint density at radius 2 is 2.29 bits per heavy atom. The minimum Gasteiger partial charge on any atom is -0.493 e. The largest absolute Gasteiger partial charge is 0.493 e. The number of nitrogens with zero attached hydrogens (tertiary/aromatic N) is 1. The minimum absolute atomic E-state index is 0.0492. The number of benzene rings is 1. The summed E-state index contributed by atoms with van der Waals surface area (Å²) in [6.45, 7) is 4.94. The van der Waals surface area contributed by atoms with Crippen LogP contribution in [0.5, 0.6) is 5.75 Å². The lowest BCUT2D eigenvalue weighted by atomic mass is 10.1. The average molecular weight is 338 g/mol. The van der Waals surface area contributed by atoms with Gasteiger partial charge in [-0.3, -0.25) is 4.79 Å². The van der Waals surface area contributed by atoms with Gasteiger partial charge >= 0.3 is 0 Å². The van der Waals surface area contributed by atoms with E-state index in [1.54, 1.807) is 19.2 Å². The molecule has 24 heavy (non-hydrogen) atoms. The van der Waals surface area contributed by atoms with E-state index in [0.29, 0.717) is 31.1 Å². The standard InChI is InChI=1S/C18H27FN2O3/c1-23-11-9-21-8-7-15(14-21)13-20-18(22)6-3-10-24-17-5-2-4-16(19)12-17/h2,4-5,12,15H,3,6-11,13-14H2,1H3,(H,20,22)/t15-/m0/s1. The highest BCUT2D eigenvalue weighted by molar-refractivity contribution is 5.75. The van der Waals surface area contributed by atoms with Crippen LogP contribution in [0.3, 0.4) is 0 Å². The number of methoxy groups -OCH3 is 1. The normalized spacial score (nSPS) is 17.8. The van der Waals surface area contributed by atoms with Gasteiger partial charge in [0.2, 0.25) is 5.91 Å². The Hall–Kier alpha value is -1.66. The average Bonchev–Trinajstić information content (AvgIpc) is 3.03.